The molecule has 50 heavy (non-hydrogen) atoms. The number of fused-ring (bicyclic) bond motifs is 8. The van der Waals surface area contributed by atoms with E-state index in [4.69, 9.17) is 0 Å². The van der Waals surface area contributed by atoms with Crippen LogP contribution < -0.4 is 0 Å². The van der Waals surface area contributed by atoms with E-state index in [-0.39, 0.29) is 10.8 Å². The molecule has 246 valence electrons. The molecule has 0 nitrogen and oxygen atoms in total. The van der Waals surface area contributed by atoms with E-state index < -0.39 is 0 Å². The average molecular weight is 647 g/mol. The highest BCUT2D eigenvalue weighted by Crippen LogP contribution is 2.55. The Balaban J connectivity index is 1.26. The summed E-state index contributed by atoms with van der Waals surface area (Å²) in [4.78, 5) is 0. The van der Waals surface area contributed by atoms with E-state index in [1.54, 1.807) is 0 Å². The molecule has 7 aromatic carbocycles. The van der Waals surface area contributed by atoms with Gasteiger partial charge >= 0.3 is 0 Å². The Hall–Kier alpha value is -4.94. The highest BCUT2D eigenvalue weighted by atomic mass is 14.4. The Morgan fingerprint density at radius 1 is 0.460 bits per heavy atom. The zero-order valence-corrected chi connectivity index (χ0v) is 30.3. The van der Waals surface area contributed by atoms with Gasteiger partial charge in [0.15, 0.2) is 0 Å². The SMILES string of the molecule is CCC1(CC)c2ccccc2-c2ccc(-c3c4ccccc4c(-c4ccc5c(c4)C(C)(C)c4cc(CC(C)C)ccc4-5)c4ccccc34)cc21. The van der Waals surface area contributed by atoms with Crippen LogP contribution in [-0.2, 0) is 17.3 Å². The highest BCUT2D eigenvalue weighted by molar-refractivity contribution is 6.21. The van der Waals surface area contributed by atoms with Gasteiger partial charge in [0, 0.05) is 10.8 Å². The van der Waals surface area contributed by atoms with Crippen molar-refractivity contribution in [2.45, 2.75) is 71.6 Å². The van der Waals surface area contributed by atoms with Crippen molar-refractivity contribution in [3.05, 3.63) is 155 Å². The molecule has 0 fully saturated rings. The molecule has 0 aliphatic heterocycles. The van der Waals surface area contributed by atoms with Crippen molar-refractivity contribution < 1.29 is 0 Å². The summed E-state index contributed by atoms with van der Waals surface area (Å²) in [7, 11) is 0. The van der Waals surface area contributed by atoms with Crippen molar-refractivity contribution in [1.29, 1.82) is 0 Å². The molecule has 2 aliphatic rings. The molecule has 0 spiro atoms. The standard InChI is InChI=1S/C50H46/c1-7-50(8-2)43-20-14-13-15-35(43)38-26-23-34(30-46(38)50)48-41-18-11-9-16-39(41)47(40-17-10-12-19-42(40)48)33-22-25-37-36-24-21-32(27-31(3)4)28-44(36)49(5,6)45(37)29-33/h9-26,28-31H,7-8,27H2,1-6H3. The lowest BCUT2D eigenvalue weighted by molar-refractivity contribution is 0.490. The summed E-state index contributed by atoms with van der Waals surface area (Å²) in [6.07, 6.45) is 3.30. The first-order chi connectivity index (χ1) is 24.3. The Morgan fingerprint density at radius 3 is 1.44 bits per heavy atom. The third kappa shape index (κ3) is 4.30. The van der Waals surface area contributed by atoms with Crippen molar-refractivity contribution >= 4 is 21.5 Å². The van der Waals surface area contributed by atoms with Crippen LogP contribution in [0, 0.1) is 5.92 Å². The van der Waals surface area contributed by atoms with E-state index in [1.165, 1.54) is 93.9 Å². The molecular weight excluding hydrogens is 601 g/mol. The molecule has 9 rings (SSSR count). The second-order valence-corrected chi connectivity index (χ2v) is 15.8. The average Bonchev–Trinajstić information content (AvgIpc) is 3.54. The van der Waals surface area contributed by atoms with Crippen molar-refractivity contribution in [2.24, 2.45) is 5.92 Å². The largest absolute Gasteiger partial charge is 0.0642 e. The maximum absolute atomic E-state index is 2.54. The second-order valence-electron chi connectivity index (χ2n) is 15.8. The fourth-order valence-electron chi connectivity index (χ4n) is 9.91. The summed E-state index contributed by atoms with van der Waals surface area (Å²) >= 11 is 0. The Labute approximate surface area is 297 Å². The lowest BCUT2D eigenvalue weighted by atomic mass is 9.73. The molecule has 0 bridgehead atoms. The first kappa shape index (κ1) is 31.1. The predicted octanol–water partition coefficient (Wildman–Crippen LogP) is 13.9. The van der Waals surface area contributed by atoms with Gasteiger partial charge in [-0.05, 0) is 131 Å². The first-order valence-electron chi connectivity index (χ1n) is 18.7. The quantitative estimate of drug-likeness (QED) is 0.158. The summed E-state index contributed by atoms with van der Waals surface area (Å²) in [5, 5.41) is 5.26. The van der Waals surface area contributed by atoms with E-state index in [0.717, 1.165) is 19.3 Å². The van der Waals surface area contributed by atoms with Crippen LogP contribution in [0.15, 0.2) is 127 Å². The number of hydrogen-bond donors (Lipinski definition) is 0. The van der Waals surface area contributed by atoms with E-state index in [9.17, 15) is 0 Å². The van der Waals surface area contributed by atoms with Crippen LogP contribution >= 0.6 is 0 Å². The van der Waals surface area contributed by atoms with Crippen molar-refractivity contribution in [3.63, 3.8) is 0 Å². The molecule has 7 aromatic rings. The molecule has 0 amide bonds. The van der Waals surface area contributed by atoms with Gasteiger partial charge in [0.2, 0.25) is 0 Å². The van der Waals surface area contributed by atoms with Crippen LogP contribution in [0.25, 0.3) is 66.1 Å². The van der Waals surface area contributed by atoms with Gasteiger partial charge in [-0.3, -0.25) is 0 Å². The van der Waals surface area contributed by atoms with E-state index in [2.05, 4.69) is 169 Å². The van der Waals surface area contributed by atoms with Crippen LogP contribution in [-0.4, -0.2) is 0 Å². The van der Waals surface area contributed by atoms with E-state index in [1.807, 2.05) is 0 Å². The monoisotopic (exact) mass is 646 g/mol. The van der Waals surface area contributed by atoms with Gasteiger partial charge in [0.1, 0.15) is 0 Å². The number of hydrogen-bond acceptors (Lipinski definition) is 0. The lowest BCUT2D eigenvalue weighted by Gasteiger charge is -2.30. The molecule has 0 radical (unpaired) electrons. The van der Waals surface area contributed by atoms with Gasteiger partial charge in [-0.15, -0.1) is 0 Å². The summed E-state index contributed by atoms with van der Waals surface area (Å²) < 4.78 is 0. The van der Waals surface area contributed by atoms with Crippen molar-refractivity contribution in [2.75, 3.05) is 0 Å². The minimum absolute atomic E-state index is 0.0395. The molecule has 0 saturated heterocycles. The van der Waals surface area contributed by atoms with Gasteiger partial charge in [0.05, 0.1) is 0 Å². The second kappa shape index (κ2) is 11.3. The van der Waals surface area contributed by atoms with Crippen LogP contribution in [0.4, 0.5) is 0 Å². The van der Waals surface area contributed by atoms with Gasteiger partial charge in [-0.1, -0.05) is 157 Å². The first-order valence-corrected chi connectivity index (χ1v) is 18.7. The maximum Gasteiger partial charge on any atom is 0.0210 e. The molecule has 0 N–H and O–H groups in total. The van der Waals surface area contributed by atoms with Crippen molar-refractivity contribution in [3.8, 4) is 44.5 Å². The summed E-state index contributed by atoms with van der Waals surface area (Å²) in [6, 6.07) is 49.2. The minimum Gasteiger partial charge on any atom is -0.0642 e. The molecule has 0 heterocycles. The third-order valence-corrected chi connectivity index (χ3v) is 12.4. The maximum atomic E-state index is 2.54. The zero-order valence-electron chi connectivity index (χ0n) is 30.3. The molecule has 0 atom stereocenters. The molecular formula is C50H46. The number of rotatable bonds is 6. The topological polar surface area (TPSA) is 0 Å². The van der Waals surface area contributed by atoms with Crippen molar-refractivity contribution in [1.82, 2.24) is 0 Å². The normalized spacial score (nSPS) is 14.9. The summed E-state index contributed by atoms with van der Waals surface area (Å²) in [5.41, 5.74) is 18.1. The molecule has 0 heteroatoms. The van der Waals surface area contributed by atoms with E-state index >= 15 is 0 Å². The smallest absolute Gasteiger partial charge is 0.0210 e. The van der Waals surface area contributed by atoms with Gasteiger partial charge in [-0.2, -0.15) is 0 Å². The Morgan fingerprint density at radius 2 is 0.900 bits per heavy atom. The zero-order chi connectivity index (χ0) is 34.4. The summed E-state index contributed by atoms with van der Waals surface area (Å²) in [5.74, 6) is 0.644. The molecule has 0 saturated carbocycles. The predicted molar refractivity (Wildman–Crippen MR) is 215 cm³/mol. The van der Waals surface area contributed by atoms with Gasteiger partial charge in [-0.25, -0.2) is 0 Å². The van der Waals surface area contributed by atoms with Crippen LogP contribution in [0.3, 0.4) is 0 Å². The lowest BCUT2D eigenvalue weighted by Crippen LogP contribution is -2.23. The van der Waals surface area contributed by atoms with Crippen LogP contribution in [0.1, 0.15) is 82.2 Å². The van der Waals surface area contributed by atoms with Crippen LogP contribution in [0.5, 0.6) is 0 Å². The summed E-state index contributed by atoms with van der Waals surface area (Å²) in [6.45, 7) is 14.2. The Bertz CT molecular complexity index is 2430. The Kier molecular flexibility index (Phi) is 7.02. The molecule has 0 unspecified atom stereocenters. The fraction of sp³-hybridized carbons (Fsp3) is 0.240. The third-order valence-electron chi connectivity index (χ3n) is 12.4. The molecule has 2 aliphatic carbocycles. The van der Waals surface area contributed by atoms with Gasteiger partial charge in [0.25, 0.3) is 0 Å². The minimum atomic E-state index is -0.0632. The van der Waals surface area contributed by atoms with Gasteiger partial charge < -0.3 is 0 Å². The molecule has 0 aromatic heterocycles. The van der Waals surface area contributed by atoms with Crippen LogP contribution in [0.2, 0.25) is 0 Å². The number of benzene rings is 7. The van der Waals surface area contributed by atoms with E-state index in [0.29, 0.717) is 5.92 Å². The fourth-order valence-corrected chi connectivity index (χ4v) is 9.91. The highest BCUT2D eigenvalue weighted by Gasteiger charge is 2.41.